The van der Waals surface area contributed by atoms with Gasteiger partial charge in [0.15, 0.2) is 0 Å². The van der Waals surface area contributed by atoms with Crippen molar-refractivity contribution in [3.63, 3.8) is 0 Å². The minimum absolute atomic E-state index is 0.0216. The molecule has 0 saturated carbocycles. The predicted octanol–water partition coefficient (Wildman–Crippen LogP) is 1.57. The van der Waals surface area contributed by atoms with Crippen LogP contribution in [-0.4, -0.2) is 128 Å². The minimum atomic E-state index is -1.46. The second-order valence-electron chi connectivity index (χ2n) is 13.6. The molecule has 0 aromatic heterocycles. The number of nitrogens with zero attached hydrogens (tertiary/aromatic N) is 1. The third-order valence-electron chi connectivity index (χ3n) is 8.37. The van der Waals surface area contributed by atoms with Crippen LogP contribution in [-0.2, 0) is 48.0 Å². The normalized spacial score (nSPS) is 12.0. The predicted molar refractivity (Wildman–Crippen MR) is 231 cm³/mol. The number of hydroxylamine groups is 2. The number of unbranched alkanes of at least 4 members (excludes halogenated alkanes) is 1. The fourth-order valence-electron chi connectivity index (χ4n) is 5.03. The van der Waals surface area contributed by atoms with Crippen molar-refractivity contribution in [2.24, 2.45) is 0 Å². The van der Waals surface area contributed by atoms with Gasteiger partial charge in [0.05, 0.1) is 18.7 Å². The van der Waals surface area contributed by atoms with E-state index in [-0.39, 0.29) is 55.7 Å². The standard InChI is InChI=1S/C35H40N6O13.2C3H6O2.C2H6/c1-20-15-22(17-23(16-20)35(53)54-41-28(44)11-12-29(41)45)32(49)37-18-26(42)39-24(10-13-30(46)47)33(50)38-19-27(43)40-25(34(51)52)9-5-6-14-36-31(48)21-7-3-2-4-8-21;2*1-2-3(4)5;1-2/h2-4,7-8,15-17,24-25H,5-6,9-14,18-19H2,1H3,(H,36,48)(H,37,49)(H,38,50)(H,39,42)(H,40,43)(H,46,47)(H,51,52);2*2H2,1H3,(H,4,5);1-2H3/t24-,25?;;;/m1.../s1. The molecule has 1 saturated heterocycles. The summed E-state index contributed by atoms with van der Waals surface area (Å²) in [6, 6.07) is 9.57. The van der Waals surface area contributed by atoms with Crippen LogP contribution in [0.1, 0.15) is 122 Å². The van der Waals surface area contributed by atoms with E-state index in [9.17, 15) is 62.6 Å². The van der Waals surface area contributed by atoms with Crippen LogP contribution in [0.2, 0.25) is 0 Å². The molecular formula is C43H58N6O17. The van der Waals surface area contributed by atoms with Crippen molar-refractivity contribution in [2.45, 2.75) is 104 Å². The van der Waals surface area contributed by atoms with Gasteiger partial charge in [-0.15, -0.1) is 5.06 Å². The Hall–Kier alpha value is -7.72. The number of aryl methyl sites for hydroxylation is 1. The molecule has 2 aromatic carbocycles. The van der Waals surface area contributed by atoms with Gasteiger partial charge in [0.25, 0.3) is 23.6 Å². The van der Waals surface area contributed by atoms with Crippen LogP contribution >= 0.6 is 0 Å². The van der Waals surface area contributed by atoms with Crippen molar-refractivity contribution in [3.8, 4) is 0 Å². The second-order valence-corrected chi connectivity index (χ2v) is 13.6. The number of hydrogen-bond donors (Lipinski definition) is 9. The summed E-state index contributed by atoms with van der Waals surface area (Å²) in [7, 11) is 0. The number of carboxylic acid groups (broad SMARTS) is 4. The topological polar surface area (TPSA) is 358 Å². The van der Waals surface area contributed by atoms with Gasteiger partial charge in [-0.2, -0.15) is 0 Å². The van der Waals surface area contributed by atoms with Crippen LogP contribution in [0.3, 0.4) is 0 Å². The molecule has 2 aromatic rings. The fourth-order valence-corrected chi connectivity index (χ4v) is 5.03. The first-order valence-electron chi connectivity index (χ1n) is 20.7. The van der Waals surface area contributed by atoms with E-state index in [1.807, 2.05) is 13.8 Å². The summed E-state index contributed by atoms with van der Waals surface area (Å²) in [6.45, 7) is 7.62. The Bertz CT molecular complexity index is 2000. The number of carbonyl (C=O) groups is 12. The molecule has 1 fully saturated rings. The summed E-state index contributed by atoms with van der Waals surface area (Å²) in [5, 5.41) is 46.3. The minimum Gasteiger partial charge on any atom is -0.481 e. The highest BCUT2D eigenvalue weighted by molar-refractivity contribution is 6.04. The molecule has 66 heavy (non-hydrogen) atoms. The molecule has 2 atom stereocenters. The number of amides is 7. The number of hydrogen-bond acceptors (Lipinski definition) is 13. The second kappa shape index (κ2) is 32.0. The molecule has 0 bridgehead atoms. The van der Waals surface area contributed by atoms with Gasteiger partial charge in [0.2, 0.25) is 17.7 Å². The third kappa shape index (κ3) is 24.2. The van der Waals surface area contributed by atoms with Crippen molar-refractivity contribution in [2.75, 3.05) is 19.6 Å². The van der Waals surface area contributed by atoms with E-state index in [0.717, 1.165) is 6.07 Å². The maximum atomic E-state index is 12.9. The first kappa shape index (κ1) is 58.3. The lowest BCUT2D eigenvalue weighted by Gasteiger charge is -2.19. The van der Waals surface area contributed by atoms with E-state index < -0.39 is 103 Å². The molecule has 0 aliphatic carbocycles. The van der Waals surface area contributed by atoms with Gasteiger partial charge in [-0.05, 0) is 68.5 Å². The third-order valence-corrected chi connectivity index (χ3v) is 8.37. The lowest BCUT2D eigenvalue weighted by molar-refractivity contribution is -0.172. The van der Waals surface area contributed by atoms with Gasteiger partial charge >= 0.3 is 29.8 Å². The summed E-state index contributed by atoms with van der Waals surface area (Å²) in [5.74, 6) is -10.4. The molecule has 3 rings (SSSR count). The first-order chi connectivity index (χ1) is 31.2. The first-order valence-corrected chi connectivity index (χ1v) is 20.7. The zero-order chi connectivity index (χ0) is 50.4. The van der Waals surface area contributed by atoms with Crippen LogP contribution in [0.25, 0.3) is 0 Å². The number of imide groups is 1. The zero-order valence-electron chi connectivity index (χ0n) is 37.3. The van der Waals surface area contributed by atoms with Crippen LogP contribution in [0, 0.1) is 6.92 Å². The quantitative estimate of drug-likeness (QED) is 0.0597. The Morgan fingerprint density at radius 2 is 1.14 bits per heavy atom. The highest BCUT2D eigenvalue weighted by Crippen LogP contribution is 2.16. The summed E-state index contributed by atoms with van der Waals surface area (Å²) < 4.78 is 0. The molecule has 23 heteroatoms. The van der Waals surface area contributed by atoms with Gasteiger partial charge in [-0.25, -0.2) is 9.59 Å². The van der Waals surface area contributed by atoms with Gasteiger partial charge in [0, 0.05) is 49.8 Å². The van der Waals surface area contributed by atoms with E-state index in [0.29, 0.717) is 29.0 Å². The maximum absolute atomic E-state index is 12.9. The average Bonchev–Trinajstić information content (AvgIpc) is 3.61. The van der Waals surface area contributed by atoms with Crippen molar-refractivity contribution in [1.82, 2.24) is 31.6 Å². The molecular weight excluding hydrogens is 872 g/mol. The van der Waals surface area contributed by atoms with Gasteiger partial charge in [-0.3, -0.25) is 47.9 Å². The molecule has 1 unspecified atom stereocenters. The lowest BCUT2D eigenvalue weighted by Crippen LogP contribution is -2.52. The van der Waals surface area contributed by atoms with E-state index in [1.54, 1.807) is 51.1 Å². The van der Waals surface area contributed by atoms with Crippen molar-refractivity contribution in [3.05, 3.63) is 70.8 Å². The average molecular weight is 931 g/mol. The number of nitrogens with one attached hydrogen (secondary N) is 5. The molecule has 9 N–H and O–H groups in total. The van der Waals surface area contributed by atoms with Gasteiger partial charge < -0.3 is 51.8 Å². The SMILES string of the molecule is CC.CCC(=O)O.CCC(=O)O.Cc1cc(C(=O)NCC(=O)N[C@H](CCC(=O)O)C(=O)NCC(=O)NC(CCCCNC(=O)c2ccccc2)C(=O)O)cc(C(=O)ON2C(=O)CCC2=O)c1. The monoisotopic (exact) mass is 930 g/mol. The van der Waals surface area contributed by atoms with E-state index in [4.69, 9.17) is 20.2 Å². The van der Waals surface area contributed by atoms with E-state index >= 15 is 0 Å². The highest BCUT2D eigenvalue weighted by Gasteiger charge is 2.33. The largest absolute Gasteiger partial charge is 0.481 e. The lowest BCUT2D eigenvalue weighted by atomic mass is 10.1. The Morgan fingerprint density at radius 1 is 0.636 bits per heavy atom. The molecule has 1 heterocycles. The number of carboxylic acids is 4. The van der Waals surface area contributed by atoms with E-state index in [1.165, 1.54) is 12.1 Å². The summed E-state index contributed by atoms with van der Waals surface area (Å²) >= 11 is 0. The smallest absolute Gasteiger partial charge is 0.363 e. The molecule has 7 amide bonds. The number of aliphatic carboxylic acids is 4. The number of benzene rings is 2. The van der Waals surface area contributed by atoms with Crippen LogP contribution in [0.15, 0.2) is 48.5 Å². The number of carbonyl (C=O) groups excluding carboxylic acids is 8. The fraction of sp³-hybridized carbons (Fsp3) is 0.442. The van der Waals surface area contributed by atoms with Crippen molar-refractivity contribution >= 4 is 71.2 Å². The van der Waals surface area contributed by atoms with Gasteiger partial charge in [0.1, 0.15) is 12.1 Å². The summed E-state index contributed by atoms with van der Waals surface area (Å²) in [4.78, 5) is 146. The van der Waals surface area contributed by atoms with Crippen LogP contribution < -0.4 is 26.6 Å². The molecule has 1 aliphatic heterocycles. The van der Waals surface area contributed by atoms with Crippen molar-refractivity contribution in [1.29, 1.82) is 0 Å². The van der Waals surface area contributed by atoms with Crippen LogP contribution in [0.4, 0.5) is 0 Å². The molecule has 23 nitrogen and oxygen atoms in total. The summed E-state index contributed by atoms with van der Waals surface area (Å²) in [6.07, 6.45) is 0.0444. The highest BCUT2D eigenvalue weighted by atomic mass is 16.7. The Labute approximate surface area is 380 Å². The number of rotatable bonds is 22. The van der Waals surface area contributed by atoms with Gasteiger partial charge in [-0.1, -0.05) is 45.9 Å². The Kier molecular flexibility index (Phi) is 28.3. The Balaban J connectivity index is 0.00000313. The van der Waals surface area contributed by atoms with Crippen molar-refractivity contribution < 1.29 is 82.8 Å². The maximum Gasteiger partial charge on any atom is 0.363 e. The summed E-state index contributed by atoms with van der Waals surface area (Å²) in [5.41, 5.74) is 0.647. The Morgan fingerprint density at radius 3 is 1.65 bits per heavy atom. The zero-order valence-corrected chi connectivity index (χ0v) is 37.3. The van der Waals surface area contributed by atoms with Crippen LogP contribution in [0.5, 0.6) is 0 Å². The molecule has 362 valence electrons. The van der Waals surface area contributed by atoms with E-state index in [2.05, 4.69) is 26.6 Å². The molecule has 1 aliphatic rings. The molecule has 0 spiro atoms. The molecule has 0 radical (unpaired) electrons.